The summed E-state index contributed by atoms with van der Waals surface area (Å²) in [4.78, 5) is 1.13. The molecule has 0 saturated carbocycles. The number of aromatic nitrogens is 4. The van der Waals surface area contributed by atoms with Gasteiger partial charge >= 0.3 is 0 Å². The van der Waals surface area contributed by atoms with Crippen molar-refractivity contribution in [3.63, 3.8) is 0 Å². The molecule has 0 atom stereocenters. The molecule has 0 aliphatic rings. The fourth-order valence-corrected chi connectivity index (χ4v) is 4.10. The van der Waals surface area contributed by atoms with Crippen LogP contribution in [0.3, 0.4) is 0 Å². The molecule has 120 valence electrons. The molecule has 0 aliphatic carbocycles. The van der Waals surface area contributed by atoms with E-state index in [-0.39, 0.29) is 0 Å². The third-order valence-electron chi connectivity index (χ3n) is 3.00. The molecule has 0 spiro atoms. The van der Waals surface area contributed by atoms with Gasteiger partial charge in [0.25, 0.3) is 0 Å². The van der Waals surface area contributed by atoms with E-state index >= 15 is 0 Å². The van der Waals surface area contributed by atoms with E-state index < -0.39 is 0 Å². The van der Waals surface area contributed by atoms with Crippen LogP contribution in [0.2, 0.25) is 5.02 Å². The molecule has 0 aliphatic heterocycles. The molecule has 0 fully saturated rings. The lowest BCUT2D eigenvalue weighted by Gasteiger charge is -2.04. The van der Waals surface area contributed by atoms with Crippen molar-refractivity contribution in [1.29, 1.82) is 0 Å². The van der Waals surface area contributed by atoms with Crippen molar-refractivity contribution in [2.75, 3.05) is 11.5 Å². The predicted molar refractivity (Wildman–Crippen MR) is 93.1 cm³/mol. The molecule has 0 unspecified atom stereocenters. The first-order valence-electron chi connectivity index (χ1n) is 7.11. The van der Waals surface area contributed by atoms with Crippen molar-refractivity contribution in [3.8, 4) is 0 Å². The van der Waals surface area contributed by atoms with Gasteiger partial charge in [0.1, 0.15) is 12.3 Å². The Morgan fingerprint density at radius 1 is 1.09 bits per heavy atom. The number of hydrogen-bond acceptors (Lipinski definition) is 6. The standard InChI is InChI=1S/C15H15ClN4OS2/c16-13-6-1-2-7-14(13)22-9-4-10-23-15-17-18-19-20(15)11-12-5-3-8-21-12/h1-3,5-8H,4,9-11H2. The molecule has 3 aromatic rings. The van der Waals surface area contributed by atoms with Gasteiger partial charge in [0.05, 0.1) is 11.3 Å². The van der Waals surface area contributed by atoms with Crippen molar-refractivity contribution in [1.82, 2.24) is 20.2 Å². The first kappa shape index (κ1) is 16.4. The van der Waals surface area contributed by atoms with Crippen LogP contribution in [0.5, 0.6) is 0 Å². The highest BCUT2D eigenvalue weighted by Crippen LogP contribution is 2.27. The number of halogens is 1. The van der Waals surface area contributed by atoms with Crippen LogP contribution in [0.4, 0.5) is 0 Å². The summed E-state index contributed by atoms with van der Waals surface area (Å²) >= 11 is 9.57. The zero-order chi connectivity index (χ0) is 15.9. The van der Waals surface area contributed by atoms with Gasteiger partial charge in [0.15, 0.2) is 0 Å². The van der Waals surface area contributed by atoms with Crippen LogP contribution in [0.25, 0.3) is 0 Å². The lowest BCUT2D eigenvalue weighted by molar-refractivity contribution is 0.462. The molecule has 0 amide bonds. The Labute approximate surface area is 147 Å². The summed E-state index contributed by atoms with van der Waals surface area (Å²) in [6.07, 6.45) is 2.70. The Morgan fingerprint density at radius 2 is 1.96 bits per heavy atom. The van der Waals surface area contributed by atoms with E-state index in [1.807, 2.05) is 36.4 Å². The molecule has 0 N–H and O–H groups in total. The zero-order valence-corrected chi connectivity index (χ0v) is 14.7. The van der Waals surface area contributed by atoms with Crippen molar-refractivity contribution in [2.24, 2.45) is 0 Å². The molecule has 0 saturated heterocycles. The highest BCUT2D eigenvalue weighted by atomic mass is 35.5. The summed E-state index contributed by atoms with van der Waals surface area (Å²) < 4.78 is 7.08. The number of rotatable bonds is 8. The first-order valence-corrected chi connectivity index (χ1v) is 9.46. The van der Waals surface area contributed by atoms with Crippen LogP contribution in [0, 0.1) is 0 Å². The van der Waals surface area contributed by atoms with E-state index in [0.717, 1.165) is 38.8 Å². The maximum atomic E-state index is 6.14. The monoisotopic (exact) mass is 366 g/mol. The number of tetrazole rings is 1. The minimum Gasteiger partial charge on any atom is -0.467 e. The van der Waals surface area contributed by atoms with E-state index in [2.05, 4.69) is 15.5 Å². The van der Waals surface area contributed by atoms with E-state index in [9.17, 15) is 0 Å². The number of thioether (sulfide) groups is 2. The van der Waals surface area contributed by atoms with Gasteiger partial charge < -0.3 is 4.42 Å². The lowest BCUT2D eigenvalue weighted by Crippen LogP contribution is -2.03. The molecule has 3 rings (SSSR count). The minimum absolute atomic E-state index is 0.552. The Kier molecular flexibility index (Phi) is 6.01. The molecule has 8 heteroatoms. The lowest BCUT2D eigenvalue weighted by atomic mass is 10.4. The second-order valence-electron chi connectivity index (χ2n) is 4.68. The van der Waals surface area contributed by atoms with Crippen molar-refractivity contribution < 1.29 is 4.42 Å². The highest BCUT2D eigenvalue weighted by Gasteiger charge is 2.08. The predicted octanol–water partition coefficient (Wildman–Crippen LogP) is 4.24. The van der Waals surface area contributed by atoms with Gasteiger partial charge in [-0.25, -0.2) is 4.68 Å². The van der Waals surface area contributed by atoms with E-state index in [4.69, 9.17) is 16.0 Å². The minimum atomic E-state index is 0.552. The summed E-state index contributed by atoms with van der Waals surface area (Å²) in [5.41, 5.74) is 0. The van der Waals surface area contributed by atoms with Gasteiger partial charge in [-0.1, -0.05) is 35.5 Å². The third-order valence-corrected chi connectivity index (χ3v) is 5.64. The van der Waals surface area contributed by atoms with E-state index in [1.165, 1.54) is 0 Å². The average molecular weight is 367 g/mol. The quantitative estimate of drug-likeness (QED) is 0.439. The Hall–Kier alpha value is -1.44. The fraction of sp³-hybridized carbons (Fsp3) is 0.267. The second kappa shape index (κ2) is 8.42. The van der Waals surface area contributed by atoms with Crippen LogP contribution in [-0.2, 0) is 6.54 Å². The summed E-state index contributed by atoms with van der Waals surface area (Å²) in [7, 11) is 0. The topological polar surface area (TPSA) is 56.7 Å². The van der Waals surface area contributed by atoms with Crippen LogP contribution in [0.1, 0.15) is 12.2 Å². The number of benzene rings is 1. The highest BCUT2D eigenvalue weighted by molar-refractivity contribution is 8.00. The van der Waals surface area contributed by atoms with Crippen molar-refractivity contribution in [3.05, 3.63) is 53.4 Å². The number of furan rings is 1. The zero-order valence-electron chi connectivity index (χ0n) is 12.3. The number of nitrogens with zero attached hydrogens (tertiary/aromatic N) is 4. The summed E-state index contributed by atoms with van der Waals surface area (Å²) in [6.45, 7) is 0.552. The van der Waals surface area contributed by atoms with E-state index in [1.54, 1.807) is 34.5 Å². The van der Waals surface area contributed by atoms with Crippen LogP contribution in [-0.4, -0.2) is 31.7 Å². The van der Waals surface area contributed by atoms with Crippen molar-refractivity contribution >= 4 is 35.1 Å². The van der Waals surface area contributed by atoms with Gasteiger partial charge in [0.2, 0.25) is 5.16 Å². The van der Waals surface area contributed by atoms with Gasteiger partial charge in [-0.3, -0.25) is 0 Å². The van der Waals surface area contributed by atoms with Gasteiger partial charge in [-0.2, -0.15) is 0 Å². The van der Waals surface area contributed by atoms with Gasteiger partial charge in [-0.05, 0) is 46.9 Å². The summed E-state index contributed by atoms with van der Waals surface area (Å²) in [6, 6.07) is 11.7. The van der Waals surface area contributed by atoms with Crippen LogP contribution in [0.15, 0.2) is 57.1 Å². The van der Waals surface area contributed by atoms with Gasteiger partial charge in [-0.15, -0.1) is 16.9 Å². The maximum Gasteiger partial charge on any atom is 0.209 e. The van der Waals surface area contributed by atoms with Gasteiger partial charge in [0, 0.05) is 10.6 Å². The maximum absolute atomic E-state index is 6.14. The Bertz CT molecular complexity index is 733. The molecule has 5 nitrogen and oxygen atoms in total. The molecule has 2 heterocycles. The first-order chi connectivity index (χ1) is 11.3. The molecular weight excluding hydrogens is 352 g/mol. The molecular formula is C15H15ClN4OS2. The van der Waals surface area contributed by atoms with E-state index in [0.29, 0.717) is 6.54 Å². The Balaban J connectivity index is 1.43. The molecule has 1 aromatic carbocycles. The van der Waals surface area contributed by atoms with Crippen molar-refractivity contribution in [2.45, 2.75) is 23.0 Å². The molecule has 23 heavy (non-hydrogen) atoms. The summed E-state index contributed by atoms with van der Waals surface area (Å²) in [5, 5.41) is 13.4. The molecule has 0 radical (unpaired) electrons. The van der Waals surface area contributed by atoms with Crippen LogP contribution < -0.4 is 0 Å². The fourth-order valence-electron chi connectivity index (χ4n) is 1.92. The second-order valence-corrected chi connectivity index (χ2v) is 7.29. The largest absolute Gasteiger partial charge is 0.467 e. The normalized spacial score (nSPS) is 11.0. The molecule has 0 bridgehead atoms. The number of hydrogen-bond donors (Lipinski definition) is 0. The SMILES string of the molecule is Clc1ccccc1SCCCSc1nnnn1Cc1ccco1. The third kappa shape index (κ3) is 4.76. The Morgan fingerprint density at radius 3 is 2.78 bits per heavy atom. The smallest absolute Gasteiger partial charge is 0.209 e. The molecule has 2 aromatic heterocycles. The summed E-state index contributed by atoms with van der Waals surface area (Å²) in [5.74, 6) is 2.81. The van der Waals surface area contributed by atoms with Crippen LogP contribution >= 0.6 is 35.1 Å². The average Bonchev–Trinajstić information content (AvgIpc) is 3.21.